The summed E-state index contributed by atoms with van der Waals surface area (Å²) in [7, 11) is 1.68. The van der Waals surface area contributed by atoms with Gasteiger partial charge in [-0.2, -0.15) is 26.3 Å². The van der Waals surface area contributed by atoms with Gasteiger partial charge in [-0.3, -0.25) is 14.5 Å². The van der Waals surface area contributed by atoms with E-state index < -0.39 is 35.4 Å². The monoisotopic (exact) mass is 572 g/mol. The molecule has 1 amide bonds. The lowest BCUT2D eigenvalue weighted by Crippen LogP contribution is -2.43. The van der Waals surface area contributed by atoms with Crippen LogP contribution in [0.2, 0.25) is 0 Å². The van der Waals surface area contributed by atoms with Crippen LogP contribution in [0, 0.1) is 11.3 Å². The lowest BCUT2D eigenvalue weighted by atomic mass is 9.80. The number of alkyl halides is 6. The number of nitrogens with zero attached hydrogens (tertiary/aromatic N) is 3. The molecule has 6 nitrogen and oxygen atoms in total. The molecule has 39 heavy (non-hydrogen) atoms. The van der Waals surface area contributed by atoms with Crippen molar-refractivity contribution in [1.29, 1.82) is 0 Å². The smallest absolute Gasteiger partial charge is 0.352 e. The van der Waals surface area contributed by atoms with Gasteiger partial charge in [0.2, 0.25) is 5.91 Å². The summed E-state index contributed by atoms with van der Waals surface area (Å²) in [5.41, 5.74) is -3.30. The molecule has 1 unspecified atom stereocenters. The minimum atomic E-state index is -4.95. The van der Waals surface area contributed by atoms with Crippen molar-refractivity contribution in [2.45, 2.75) is 51.1 Å². The van der Waals surface area contributed by atoms with Crippen LogP contribution in [0.1, 0.15) is 47.4 Å². The van der Waals surface area contributed by atoms with E-state index in [1.165, 1.54) is 22.0 Å². The first-order valence-electron chi connectivity index (χ1n) is 12.5. The molecule has 13 heteroatoms. The number of carbonyl (C=O) groups is 1. The zero-order valence-electron chi connectivity index (χ0n) is 21.0. The van der Waals surface area contributed by atoms with Gasteiger partial charge in [-0.05, 0) is 55.1 Å². The van der Waals surface area contributed by atoms with Gasteiger partial charge in [-0.25, -0.2) is 4.98 Å². The highest BCUT2D eigenvalue weighted by Crippen LogP contribution is 2.46. The highest BCUT2D eigenvalue weighted by molar-refractivity contribution is 7.18. The Hall–Kier alpha value is -2.93. The Kier molecular flexibility index (Phi) is 7.03. The van der Waals surface area contributed by atoms with Crippen LogP contribution in [0.25, 0.3) is 10.3 Å². The molecule has 1 aliphatic carbocycles. The van der Waals surface area contributed by atoms with Gasteiger partial charge in [-0.15, -0.1) is 0 Å². The van der Waals surface area contributed by atoms with Crippen LogP contribution >= 0.6 is 11.3 Å². The Morgan fingerprint density at radius 2 is 1.77 bits per heavy atom. The molecular formula is C26H26F6N4O2S. The second kappa shape index (κ2) is 9.92. The molecule has 0 radical (unpaired) electrons. The van der Waals surface area contributed by atoms with Crippen molar-refractivity contribution in [3.63, 3.8) is 0 Å². The maximum atomic E-state index is 13.5. The van der Waals surface area contributed by atoms with E-state index in [-0.39, 0.29) is 23.1 Å². The van der Waals surface area contributed by atoms with Crippen LogP contribution in [-0.2, 0) is 37.3 Å². The van der Waals surface area contributed by atoms with E-state index in [1.807, 2.05) is 0 Å². The fraction of sp³-hybridized carbons (Fsp3) is 0.500. The molecular weight excluding hydrogens is 546 g/mol. The van der Waals surface area contributed by atoms with E-state index in [1.54, 1.807) is 13.1 Å². The van der Waals surface area contributed by atoms with E-state index in [0.29, 0.717) is 56.0 Å². The Bertz CT molecular complexity index is 1430. The first-order valence-corrected chi connectivity index (χ1v) is 13.3. The van der Waals surface area contributed by atoms with Gasteiger partial charge < -0.3 is 9.88 Å². The Morgan fingerprint density at radius 1 is 1.10 bits per heavy atom. The van der Waals surface area contributed by atoms with Crippen molar-refractivity contribution in [3.8, 4) is 0 Å². The van der Waals surface area contributed by atoms with Gasteiger partial charge in [0.05, 0.1) is 28.6 Å². The molecule has 1 saturated carbocycles. The number of aryl methyl sites for hydroxylation is 1. The highest BCUT2D eigenvalue weighted by atomic mass is 32.1. The molecule has 210 valence electrons. The summed E-state index contributed by atoms with van der Waals surface area (Å²) in [5, 5.41) is 3.43. The molecule has 0 bridgehead atoms. The molecule has 2 aromatic heterocycles. The molecule has 1 aliphatic heterocycles. The number of amides is 1. The third kappa shape index (κ3) is 5.98. The van der Waals surface area contributed by atoms with Crippen molar-refractivity contribution < 1.29 is 31.1 Å². The minimum Gasteiger partial charge on any atom is -0.352 e. The largest absolute Gasteiger partial charge is 0.416 e. The molecule has 0 spiro atoms. The number of thiazole rings is 1. The fourth-order valence-electron chi connectivity index (χ4n) is 5.24. The maximum Gasteiger partial charge on any atom is 0.416 e. The van der Waals surface area contributed by atoms with E-state index >= 15 is 0 Å². The van der Waals surface area contributed by atoms with E-state index in [2.05, 4.69) is 15.2 Å². The summed E-state index contributed by atoms with van der Waals surface area (Å²) in [6.07, 6.45) is -6.79. The van der Waals surface area contributed by atoms with Crippen molar-refractivity contribution in [1.82, 2.24) is 19.8 Å². The number of halogens is 6. The summed E-state index contributed by atoms with van der Waals surface area (Å²) in [6.45, 7) is 1.03. The standard InChI is InChI=1S/C26H26F6N4O2S/c1-35-21(37)5-4-19-22(35)39-20(34-19)13-36-7-6-24(14-36,11-15-2-3-15)23(38)33-12-16-8-17(25(27,28)29)10-18(9-16)26(30,31)32/h4-5,8-10,15H,2-3,6-7,11-14H2,1H3,(H,33,38). The second-order valence-corrected chi connectivity index (χ2v) is 11.6. The van der Waals surface area contributed by atoms with E-state index in [4.69, 9.17) is 0 Å². The number of hydrogen-bond donors (Lipinski definition) is 1. The molecule has 1 saturated heterocycles. The summed E-state index contributed by atoms with van der Waals surface area (Å²) in [6, 6.07) is 4.49. The first kappa shape index (κ1) is 27.6. The number of hydrogen-bond acceptors (Lipinski definition) is 5. The molecule has 3 heterocycles. The number of likely N-dealkylation sites (tertiary alicyclic amines) is 1. The van der Waals surface area contributed by atoms with Crippen molar-refractivity contribution in [3.05, 3.63) is 62.4 Å². The van der Waals surface area contributed by atoms with E-state index in [0.717, 1.165) is 22.7 Å². The number of fused-ring (bicyclic) bond motifs is 1. The average molecular weight is 573 g/mol. The first-order chi connectivity index (χ1) is 18.2. The summed E-state index contributed by atoms with van der Waals surface area (Å²) >= 11 is 1.40. The molecule has 5 rings (SSSR count). The zero-order valence-corrected chi connectivity index (χ0v) is 21.8. The van der Waals surface area contributed by atoms with Crippen molar-refractivity contribution in [2.24, 2.45) is 18.4 Å². The van der Waals surface area contributed by atoms with Crippen LogP contribution in [0.15, 0.2) is 35.1 Å². The molecule has 3 aromatic rings. The van der Waals surface area contributed by atoms with Crippen molar-refractivity contribution in [2.75, 3.05) is 13.1 Å². The van der Waals surface area contributed by atoms with Gasteiger partial charge in [0.1, 0.15) is 9.84 Å². The van der Waals surface area contributed by atoms with Crippen LogP contribution in [0.5, 0.6) is 0 Å². The lowest BCUT2D eigenvalue weighted by Gasteiger charge is -2.28. The second-order valence-electron chi connectivity index (χ2n) is 10.5. The summed E-state index contributed by atoms with van der Waals surface area (Å²) < 4.78 is 81.0. The number of nitrogens with one attached hydrogen (secondary N) is 1. The van der Waals surface area contributed by atoms with Crippen molar-refractivity contribution >= 4 is 27.6 Å². The Morgan fingerprint density at radius 3 is 2.38 bits per heavy atom. The number of rotatable bonds is 7. The minimum absolute atomic E-state index is 0.0780. The predicted molar refractivity (Wildman–Crippen MR) is 133 cm³/mol. The van der Waals surface area contributed by atoms with Gasteiger partial charge in [0, 0.05) is 26.2 Å². The molecule has 1 atom stereocenters. The van der Waals surface area contributed by atoms with Crippen LogP contribution in [0.3, 0.4) is 0 Å². The molecule has 1 N–H and O–H groups in total. The fourth-order valence-corrected chi connectivity index (χ4v) is 6.30. The number of pyridine rings is 1. The number of benzene rings is 1. The molecule has 1 aromatic carbocycles. The third-order valence-corrected chi connectivity index (χ3v) is 8.58. The van der Waals surface area contributed by atoms with Gasteiger partial charge in [-0.1, -0.05) is 24.2 Å². The van der Waals surface area contributed by atoms with Gasteiger partial charge in [0.15, 0.2) is 0 Å². The Labute approximate surface area is 223 Å². The van der Waals surface area contributed by atoms with Gasteiger partial charge in [0.25, 0.3) is 5.56 Å². The highest BCUT2D eigenvalue weighted by Gasteiger charge is 2.47. The molecule has 2 fully saturated rings. The molecule has 2 aliphatic rings. The maximum absolute atomic E-state index is 13.5. The van der Waals surface area contributed by atoms with E-state index in [9.17, 15) is 35.9 Å². The zero-order chi connectivity index (χ0) is 28.2. The number of aromatic nitrogens is 2. The average Bonchev–Trinajstić information content (AvgIpc) is 3.42. The number of carbonyl (C=O) groups excluding carboxylic acids is 1. The van der Waals surface area contributed by atoms with Crippen LogP contribution in [0.4, 0.5) is 26.3 Å². The topological polar surface area (TPSA) is 67.2 Å². The van der Waals surface area contributed by atoms with Crippen LogP contribution < -0.4 is 10.9 Å². The van der Waals surface area contributed by atoms with Crippen LogP contribution in [-0.4, -0.2) is 33.4 Å². The van der Waals surface area contributed by atoms with Gasteiger partial charge >= 0.3 is 12.4 Å². The normalized spacial score (nSPS) is 20.6. The SMILES string of the molecule is Cn1c(=O)ccc2nc(CN3CCC(CC4CC4)(C(=O)NCc4cc(C(F)(F)F)cc(C(F)(F)F)c4)C3)sc21. The summed E-state index contributed by atoms with van der Waals surface area (Å²) in [4.78, 5) is 32.8. The quantitative estimate of drug-likeness (QED) is 0.388. The Balaban J connectivity index is 1.32. The summed E-state index contributed by atoms with van der Waals surface area (Å²) in [5.74, 6) is 0.00707. The predicted octanol–water partition coefficient (Wildman–Crippen LogP) is 5.34. The third-order valence-electron chi connectivity index (χ3n) is 7.45. The lowest BCUT2D eigenvalue weighted by molar-refractivity contribution is -0.143.